The van der Waals surface area contributed by atoms with Gasteiger partial charge < -0.3 is 5.32 Å². The van der Waals surface area contributed by atoms with Crippen LogP contribution < -0.4 is 5.32 Å². The summed E-state index contributed by atoms with van der Waals surface area (Å²) in [6.45, 7) is 2.01. The largest absolute Gasteiger partial charge is 0.378 e. The van der Waals surface area contributed by atoms with Gasteiger partial charge in [-0.25, -0.2) is 4.39 Å². The van der Waals surface area contributed by atoms with Gasteiger partial charge in [0.05, 0.1) is 0 Å². The third-order valence-electron chi connectivity index (χ3n) is 2.65. The first-order chi connectivity index (χ1) is 8.56. The van der Waals surface area contributed by atoms with E-state index in [1.807, 2.05) is 25.1 Å². The number of anilines is 1. The second kappa shape index (κ2) is 6.02. The Morgan fingerprint density at radius 3 is 2.72 bits per heavy atom. The van der Waals surface area contributed by atoms with E-state index >= 15 is 0 Å². The summed E-state index contributed by atoms with van der Waals surface area (Å²) in [6, 6.07) is 12.8. The van der Waals surface area contributed by atoms with E-state index in [-0.39, 0.29) is 11.9 Å². The Morgan fingerprint density at radius 1 is 1.22 bits per heavy atom. The number of hydrogen-bond acceptors (Lipinski definition) is 1. The van der Waals surface area contributed by atoms with Gasteiger partial charge in [0, 0.05) is 19.8 Å². The van der Waals surface area contributed by atoms with Crippen LogP contribution in [-0.4, -0.2) is 0 Å². The van der Waals surface area contributed by atoms with Crippen molar-refractivity contribution in [1.29, 1.82) is 0 Å². The Bertz CT molecular complexity index is 559. The van der Waals surface area contributed by atoms with Gasteiger partial charge in [-0.05, 0) is 81.3 Å². The molecule has 0 radical (unpaired) electrons. The van der Waals surface area contributed by atoms with Crippen LogP contribution >= 0.6 is 38.5 Å². The molecular formula is C14H12BrFIN. The molecule has 0 aromatic heterocycles. The molecule has 0 saturated heterocycles. The highest BCUT2D eigenvalue weighted by atomic mass is 127. The van der Waals surface area contributed by atoms with Gasteiger partial charge in [-0.3, -0.25) is 0 Å². The van der Waals surface area contributed by atoms with Gasteiger partial charge in [0.25, 0.3) is 0 Å². The van der Waals surface area contributed by atoms with E-state index in [4.69, 9.17) is 0 Å². The monoisotopic (exact) mass is 419 g/mol. The van der Waals surface area contributed by atoms with Gasteiger partial charge in [0.2, 0.25) is 0 Å². The topological polar surface area (TPSA) is 12.0 Å². The maximum absolute atomic E-state index is 13.2. The molecule has 0 saturated carbocycles. The zero-order valence-electron chi connectivity index (χ0n) is 9.75. The lowest BCUT2D eigenvalue weighted by molar-refractivity contribution is 0.623. The van der Waals surface area contributed by atoms with Crippen LogP contribution in [0.3, 0.4) is 0 Å². The third-order valence-corrected chi connectivity index (χ3v) is 4.01. The van der Waals surface area contributed by atoms with Crippen LogP contribution in [0.2, 0.25) is 0 Å². The fraction of sp³-hybridized carbons (Fsp3) is 0.143. The van der Waals surface area contributed by atoms with Gasteiger partial charge in [0.15, 0.2) is 0 Å². The lowest BCUT2D eigenvalue weighted by Crippen LogP contribution is -2.07. The van der Waals surface area contributed by atoms with E-state index in [2.05, 4.69) is 49.9 Å². The highest BCUT2D eigenvalue weighted by Crippen LogP contribution is 2.28. The van der Waals surface area contributed by atoms with Crippen LogP contribution in [-0.2, 0) is 0 Å². The van der Waals surface area contributed by atoms with E-state index < -0.39 is 0 Å². The average molecular weight is 420 g/mol. The molecule has 2 rings (SSSR count). The summed E-state index contributed by atoms with van der Waals surface area (Å²) in [5.74, 6) is -0.206. The maximum atomic E-state index is 13.2. The number of benzene rings is 2. The lowest BCUT2D eigenvalue weighted by Gasteiger charge is -2.17. The minimum atomic E-state index is -0.206. The first-order valence-corrected chi connectivity index (χ1v) is 7.40. The van der Waals surface area contributed by atoms with Gasteiger partial charge in [-0.1, -0.05) is 12.1 Å². The molecule has 2 aromatic carbocycles. The summed E-state index contributed by atoms with van der Waals surface area (Å²) >= 11 is 5.77. The van der Waals surface area contributed by atoms with Crippen molar-refractivity contribution < 1.29 is 4.39 Å². The van der Waals surface area contributed by atoms with Gasteiger partial charge in [-0.2, -0.15) is 0 Å². The van der Waals surface area contributed by atoms with Crippen molar-refractivity contribution in [2.45, 2.75) is 13.0 Å². The number of halogens is 3. The second-order valence-electron chi connectivity index (χ2n) is 4.05. The SMILES string of the molecule is CC(Nc1cc(I)ccc1Br)c1cccc(F)c1. The highest BCUT2D eigenvalue weighted by molar-refractivity contribution is 14.1. The molecule has 0 aliphatic heterocycles. The Morgan fingerprint density at radius 2 is 2.00 bits per heavy atom. The van der Waals surface area contributed by atoms with Crippen LogP contribution in [0, 0.1) is 9.39 Å². The zero-order valence-corrected chi connectivity index (χ0v) is 13.5. The third kappa shape index (κ3) is 3.45. The molecule has 1 unspecified atom stereocenters. The molecule has 2 aromatic rings. The first kappa shape index (κ1) is 13.8. The molecule has 1 N–H and O–H groups in total. The van der Waals surface area contributed by atoms with Crippen LogP contribution in [0.4, 0.5) is 10.1 Å². The molecule has 94 valence electrons. The average Bonchev–Trinajstić information content (AvgIpc) is 2.34. The Kier molecular flexibility index (Phi) is 4.61. The van der Waals surface area contributed by atoms with Crippen molar-refractivity contribution in [1.82, 2.24) is 0 Å². The van der Waals surface area contributed by atoms with Crippen LogP contribution in [0.15, 0.2) is 46.9 Å². The quantitative estimate of drug-likeness (QED) is 0.660. The summed E-state index contributed by atoms with van der Waals surface area (Å²) in [5, 5.41) is 3.38. The molecule has 0 heterocycles. The molecule has 0 bridgehead atoms. The second-order valence-corrected chi connectivity index (χ2v) is 6.15. The Balaban J connectivity index is 2.21. The molecular weight excluding hydrogens is 408 g/mol. The van der Waals surface area contributed by atoms with Crippen LogP contribution in [0.25, 0.3) is 0 Å². The smallest absolute Gasteiger partial charge is 0.123 e. The standard InChI is InChI=1S/C14H12BrFIN/c1-9(10-3-2-4-11(16)7-10)18-14-8-12(17)5-6-13(14)15/h2-9,18H,1H3. The van der Waals surface area contributed by atoms with E-state index in [0.717, 1.165) is 19.3 Å². The van der Waals surface area contributed by atoms with Crippen molar-refractivity contribution in [3.05, 3.63) is 61.9 Å². The summed E-state index contributed by atoms with van der Waals surface area (Å²) in [7, 11) is 0. The van der Waals surface area contributed by atoms with E-state index in [9.17, 15) is 4.39 Å². The van der Waals surface area contributed by atoms with Crippen LogP contribution in [0.1, 0.15) is 18.5 Å². The van der Waals surface area contributed by atoms with Gasteiger partial charge in [-0.15, -0.1) is 0 Å². The van der Waals surface area contributed by atoms with Crippen LogP contribution in [0.5, 0.6) is 0 Å². The van der Waals surface area contributed by atoms with E-state index in [1.54, 1.807) is 12.1 Å². The van der Waals surface area contributed by atoms with Gasteiger partial charge in [0.1, 0.15) is 5.82 Å². The highest BCUT2D eigenvalue weighted by Gasteiger charge is 2.08. The van der Waals surface area contributed by atoms with Crippen molar-refractivity contribution in [3.8, 4) is 0 Å². The molecule has 0 fully saturated rings. The Labute approximate surface area is 128 Å². The zero-order chi connectivity index (χ0) is 13.1. The van der Waals surface area contributed by atoms with E-state index in [0.29, 0.717) is 0 Å². The van der Waals surface area contributed by atoms with Gasteiger partial charge >= 0.3 is 0 Å². The molecule has 0 spiro atoms. The number of nitrogens with one attached hydrogen (secondary N) is 1. The molecule has 1 atom stereocenters. The first-order valence-electron chi connectivity index (χ1n) is 5.53. The van der Waals surface area contributed by atoms with E-state index in [1.165, 1.54) is 6.07 Å². The Hall–Kier alpha value is -0.620. The molecule has 18 heavy (non-hydrogen) atoms. The van der Waals surface area contributed by atoms with Crippen molar-refractivity contribution in [2.24, 2.45) is 0 Å². The number of rotatable bonds is 3. The summed E-state index contributed by atoms with van der Waals surface area (Å²) in [4.78, 5) is 0. The lowest BCUT2D eigenvalue weighted by atomic mass is 10.1. The molecule has 4 heteroatoms. The summed E-state index contributed by atoms with van der Waals surface area (Å²) in [6.07, 6.45) is 0. The molecule has 0 amide bonds. The maximum Gasteiger partial charge on any atom is 0.123 e. The summed E-state index contributed by atoms with van der Waals surface area (Å²) < 4.78 is 15.3. The fourth-order valence-corrected chi connectivity index (χ4v) is 2.55. The predicted molar refractivity (Wildman–Crippen MR) is 85.3 cm³/mol. The predicted octanol–water partition coefficient (Wildman–Crippen LogP) is 5.37. The molecule has 0 aliphatic rings. The van der Waals surface area contributed by atoms with Crippen molar-refractivity contribution in [3.63, 3.8) is 0 Å². The van der Waals surface area contributed by atoms with Crippen molar-refractivity contribution in [2.75, 3.05) is 5.32 Å². The molecule has 0 aliphatic carbocycles. The molecule has 1 nitrogen and oxygen atoms in total. The number of hydrogen-bond donors (Lipinski definition) is 1. The fourth-order valence-electron chi connectivity index (χ4n) is 1.70. The summed E-state index contributed by atoms with van der Waals surface area (Å²) in [5.41, 5.74) is 1.94. The normalized spacial score (nSPS) is 12.2. The minimum absolute atomic E-state index is 0.0511. The minimum Gasteiger partial charge on any atom is -0.378 e. The van der Waals surface area contributed by atoms with Crippen molar-refractivity contribution >= 4 is 44.2 Å².